The molecule has 0 amide bonds. The fourth-order valence-corrected chi connectivity index (χ4v) is 6.21. The molecular formula is C44H43N3O4. The molecule has 1 heterocycles. The van der Waals surface area contributed by atoms with Crippen LogP contribution >= 0.6 is 0 Å². The van der Waals surface area contributed by atoms with Crippen molar-refractivity contribution in [3.05, 3.63) is 127 Å². The largest absolute Gasteiger partial charge is 0.507 e. The SMILES string of the molecule is CC(C)CC(C)(C)COC(=O)C(C)Oc1ccc(-c2nc(-c3ccc(-c4ccccc4)cc3)nc(-c3ccc(-c4ccccc4)cc3)n2)c(O)c1. The van der Waals surface area contributed by atoms with Crippen molar-refractivity contribution in [1.29, 1.82) is 0 Å². The van der Waals surface area contributed by atoms with Crippen LogP contribution in [-0.2, 0) is 9.53 Å². The lowest BCUT2D eigenvalue weighted by atomic mass is 9.85. The molecule has 5 aromatic carbocycles. The maximum Gasteiger partial charge on any atom is 0.347 e. The van der Waals surface area contributed by atoms with E-state index in [1.165, 1.54) is 6.07 Å². The van der Waals surface area contributed by atoms with Crippen molar-refractivity contribution in [2.75, 3.05) is 6.61 Å². The molecule has 7 heteroatoms. The van der Waals surface area contributed by atoms with E-state index in [0.29, 0.717) is 41.3 Å². The Morgan fingerprint density at radius 2 is 1.08 bits per heavy atom. The molecule has 6 aromatic rings. The van der Waals surface area contributed by atoms with Gasteiger partial charge in [0.1, 0.15) is 11.5 Å². The van der Waals surface area contributed by atoms with Crippen LogP contribution in [0.3, 0.4) is 0 Å². The van der Waals surface area contributed by atoms with Gasteiger partial charge in [0.2, 0.25) is 0 Å². The van der Waals surface area contributed by atoms with Crippen LogP contribution in [0.1, 0.15) is 41.0 Å². The summed E-state index contributed by atoms with van der Waals surface area (Å²) in [6.07, 6.45) is 0.0711. The first-order valence-electron chi connectivity index (χ1n) is 17.3. The van der Waals surface area contributed by atoms with Crippen LogP contribution in [0.4, 0.5) is 0 Å². The van der Waals surface area contributed by atoms with E-state index in [1.807, 2.05) is 84.9 Å². The number of aromatic nitrogens is 3. The Morgan fingerprint density at radius 1 is 0.627 bits per heavy atom. The van der Waals surface area contributed by atoms with Gasteiger partial charge < -0.3 is 14.6 Å². The summed E-state index contributed by atoms with van der Waals surface area (Å²) >= 11 is 0. The third-order valence-corrected chi connectivity index (χ3v) is 8.56. The number of carbonyl (C=O) groups excluding carboxylic acids is 1. The number of phenolic OH excluding ortho intramolecular Hbond substituents is 1. The topological polar surface area (TPSA) is 94.4 Å². The van der Waals surface area contributed by atoms with Gasteiger partial charge in [0.15, 0.2) is 23.6 Å². The average Bonchev–Trinajstić information content (AvgIpc) is 3.14. The van der Waals surface area contributed by atoms with Crippen molar-refractivity contribution in [3.63, 3.8) is 0 Å². The third kappa shape index (κ3) is 8.86. The highest BCUT2D eigenvalue weighted by Gasteiger charge is 2.25. The lowest BCUT2D eigenvalue weighted by Gasteiger charge is -2.26. The van der Waals surface area contributed by atoms with Gasteiger partial charge in [-0.1, -0.05) is 137 Å². The summed E-state index contributed by atoms with van der Waals surface area (Å²) in [6, 6.07) is 41.3. The molecule has 1 unspecified atom stereocenters. The number of rotatable bonds is 12. The van der Waals surface area contributed by atoms with Crippen LogP contribution < -0.4 is 4.74 Å². The lowest BCUT2D eigenvalue weighted by molar-refractivity contribution is -0.154. The number of aromatic hydroxyl groups is 1. The van der Waals surface area contributed by atoms with Gasteiger partial charge in [0.25, 0.3) is 0 Å². The molecule has 0 radical (unpaired) electrons. The van der Waals surface area contributed by atoms with Crippen LogP contribution in [0.2, 0.25) is 0 Å². The quantitative estimate of drug-likeness (QED) is 0.129. The van der Waals surface area contributed by atoms with Gasteiger partial charge in [-0.25, -0.2) is 19.7 Å². The maximum absolute atomic E-state index is 12.8. The highest BCUT2D eigenvalue weighted by atomic mass is 16.6. The summed E-state index contributed by atoms with van der Waals surface area (Å²) in [4.78, 5) is 27.3. The first kappa shape index (κ1) is 35.0. The number of ether oxygens (including phenoxy) is 2. The Balaban J connectivity index is 1.29. The number of esters is 1. The molecule has 6 rings (SSSR count). The molecule has 0 bridgehead atoms. The van der Waals surface area contributed by atoms with Gasteiger partial charge in [0.05, 0.1) is 12.2 Å². The second kappa shape index (κ2) is 15.4. The minimum absolute atomic E-state index is 0.0897. The number of phenols is 1. The van der Waals surface area contributed by atoms with Crippen LogP contribution in [0, 0.1) is 11.3 Å². The van der Waals surface area contributed by atoms with Gasteiger partial charge in [-0.05, 0) is 59.1 Å². The number of nitrogens with zero attached hydrogens (tertiary/aromatic N) is 3. The second-order valence-electron chi connectivity index (χ2n) is 14.0. The van der Waals surface area contributed by atoms with Crippen molar-refractivity contribution in [1.82, 2.24) is 15.0 Å². The number of hydrogen-bond acceptors (Lipinski definition) is 7. The van der Waals surface area contributed by atoms with Crippen molar-refractivity contribution in [3.8, 4) is 67.9 Å². The van der Waals surface area contributed by atoms with E-state index in [0.717, 1.165) is 39.8 Å². The lowest BCUT2D eigenvalue weighted by Crippen LogP contribution is -2.31. The molecule has 0 aliphatic heterocycles. The first-order chi connectivity index (χ1) is 24.5. The molecule has 0 saturated heterocycles. The fraction of sp³-hybridized carbons (Fsp3) is 0.227. The third-order valence-electron chi connectivity index (χ3n) is 8.56. The minimum Gasteiger partial charge on any atom is -0.507 e. The number of hydrogen-bond donors (Lipinski definition) is 1. The van der Waals surface area contributed by atoms with E-state index in [9.17, 15) is 9.90 Å². The molecule has 0 spiro atoms. The van der Waals surface area contributed by atoms with E-state index < -0.39 is 12.1 Å². The summed E-state index contributed by atoms with van der Waals surface area (Å²) in [5.41, 5.74) is 6.27. The average molecular weight is 678 g/mol. The number of benzene rings is 5. The van der Waals surface area contributed by atoms with Crippen molar-refractivity contribution >= 4 is 5.97 Å². The van der Waals surface area contributed by atoms with Crippen LogP contribution in [0.15, 0.2) is 127 Å². The van der Waals surface area contributed by atoms with E-state index in [1.54, 1.807) is 19.1 Å². The molecule has 51 heavy (non-hydrogen) atoms. The molecule has 0 aliphatic rings. The molecular weight excluding hydrogens is 635 g/mol. The summed E-state index contributed by atoms with van der Waals surface area (Å²) in [7, 11) is 0. The Labute approximate surface area is 300 Å². The molecule has 0 saturated carbocycles. The van der Waals surface area contributed by atoms with Crippen LogP contribution in [0.25, 0.3) is 56.4 Å². The molecule has 0 fully saturated rings. The molecule has 1 aromatic heterocycles. The van der Waals surface area contributed by atoms with E-state index in [2.05, 4.69) is 52.0 Å². The Bertz CT molecular complexity index is 1980. The Morgan fingerprint density at radius 3 is 1.55 bits per heavy atom. The zero-order valence-electron chi connectivity index (χ0n) is 29.7. The first-order valence-corrected chi connectivity index (χ1v) is 17.3. The van der Waals surface area contributed by atoms with Crippen molar-refractivity contribution in [2.24, 2.45) is 11.3 Å². The van der Waals surface area contributed by atoms with E-state index >= 15 is 0 Å². The highest BCUT2D eigenvalue weighted by Crippen LogP contribution is 2.34. The molecule has 1 N–H and O–H groups in total. The van der Waals surface area contributed by atoms with Gasteiger partial charge >= 0.3 is 5.97 Å². The standard InChI is InChI=1S/C44H43N3O4/c1-29(2)27-44(4,5)28-50-43(49)30(3)51-37-24-25-38(39(48)26-37)42-46-40(35-20-16-33(17-21-35)31-12-8-6-9-13-31)45-41(47-42)36-22-18-34(19-23-36)32-14-10-7-11-15-32/h6-26,29-30,48H,27-28H2,1-5H3. The summed E-state index contributed by atoms with van der Waals surface area (Å²) in [6.45, 7) is 10.4. The smallest absolute Gasteiger partial charge is 0.347 e. The van der Waals surface area contributed by atoms with Gasteiger partial charge in [0, 0.05) is 17.2 Å². The highest BCUT2D eigenvalue weighted by molar-refractivity contribution is 5.76. The fourth-order valence-electron chi connectivity index (χ4n) is 6.21. The summed E-state index contributed by atoms with van der Waals surface area (Å²) < 4.78 is 11.5. The minimum atomic E-state index is -0.863. The van der Waals surface area contributed by atoms with Gasteiger partial charge in [-0.15, -0.1) is 0 Å². The second-order valence-corrected chi connectivity index (χ2v) is 14.0. The molecule has 258 valence electrons. The predicted octanol–water partition coefficient (Wildman–Crippen LogP) is 10.3. The van der Waals surface area contributed by atoms with Gasteiger partial charge in [-0.3, -0.25) is 0 Å². The molecule has 1 atom stereocenters. The van der Waals surface area contributed by atoms with Crippen molar-refractivity contribution < 1.29 is 19.4 Å². The van der Waals surface area contributed by atoms with Gasteiger partial charge in [-0.2, -0.15) is 0 Å². The van der Waals surface area contributed by atoms with Crippen LogP contribution in [0.5, 0.6) is 11.5 Å². The normalized spacial score (nSPS) is 12.0. The molecule has 0 aliphatic carbocycles. The maximum atomic E-state index is 12.8. The Kier molecular flexibility index (Phi) is 10.6. The predicted molar refractivity (Wildman–Crippen MR) is 203 cm³/mol. The molecule has 7 nitrogen and oxygen atoms in total. The summed E-state index contributed by atoms with van der Waals surface area (Å²) in [5, 5.41) is 11.2. The zero-order valence-corrected chi connectivity index (χ0v) is 29.7. The van der Waals surface area contributed by atoms with E-state index in [-0.39, 0.29) is 11.2 Å². The monoisotopic (exact) mass is 677 g/mol. The number of carbonyl (C=O) groups is 1. The van der Waals surface area contributed by atoms with Crippen molar-refractivity contribution in [2.45, 2.75) is 47.1 Å². The van der Waals surface area contributed by atoms with Crippen LogP contribution in [-0.4, -0.2) is 38.7 Å². The summed E-state index contributed by atoms with van der Waals surface area (Å²) in [5.74, 6) is 1.51. The van der Waals surface area contributed by atoms with E-state index in [4.69, 9.17) is 24.4 Å². The Hall–Kier alpha value is -5.82. The zero-order chi connectivity index (χ0) is 36.0.